The van der Waals surface area contributed by atoms with Gasteiger partial charge < -0.3 is 15.5 Å². The first-order valence-electron chi connectivity index (χ1n) is 12.3. The van der Waals surface area contributed by atoms with Crippen molar-refractivity contribution in [1.82, 2.24) is 5.32 Å². The molecule has 0 heterocycles. The number of benzene rings is 1. The molecule has 0 aliphatic rings. The molecule has 0 saturated heterocycles. The van der Waals surface area contributed by atoms with Crippen molar-refractivity contribution in [2.45, 2.75) is 95.6 Å². The molecule has 0 spiro atoms. The summed E-state index contributed by atoms with van der Waals surface area (Å²) in [6, 6.07) is 8.01. The molecule has 1 rings (SSSR count). The van der Waals surface area contributed by atoms with Crippen LogP contribution in [-0.2, 0) is 20.8 Å². The maximum Gasteiger partial charge on any atom is 0.322 e. The highest BCUT2D eigenvalue weighted by Gasteiger charge is 2.19. The molecule has 1 aromatic carbocycles. The lowest BCUT2D eigenvalue weighted by molar-refractivity contribution is -0.138. The minimum absolute atomic E-state index is 0.00352. The standard InChI is InChI=1S/C26H41NO5S/c1-2-3-4-5-6-7-8-9-10-11-14-21-15-12-13-16-22(21)23(19-25(29)30)33-18-17-24(28)27-20-26(31)32/h12-13,15-16,23H,2-11,14,17-20H2,1H3,(H,27,28)(H,29,30)(H,31,32). The molecule has 0 aliphatic carbocycles. The van der Waals surface area contributed by atoms with E-state index in [0.717, 1.165) is 18.4 Å². The van der Waals surface area contributed by atoms with Crippen molar-refractivity contribution < 1.29 is 24.6 Å². The summed E-state index contributed by atoms with van der Waals surface area (Å²) in [5.74, 6) is -1.84. The summed E-state index contributed by atoms with van der Waals surface area (Å²) in [6.07, 6.45) is 13.9. The van der Waals surface area contributed by atoms with E-state index in [-0.39, 0.29) is 24.0 Å². The minimum atomic E-state index is -1.08. The summed E-state index contributed by atoms with van der Waals surface area (Å²) < 4.78 is 0. The van der Waals surface area contributed by atoms with Crippen LogP contribution in [0.25, 0.3) is 0 Å². The molecule has 3 N–H and O–H groups in total. The van der Waals surface area contributed by atoms with Crippen LogP contribution in [0.3, 0.4) is 0 Å². The van der Waals surface area contributed by atoms with E-state index >= 15 is 0 Å². The zero-order valence-corrected chi connectivity index (χ0v) is 20.8. The van der Waals surface area contributed by atoms with Gasteiger partial charge in [-0.2, -0.15) is 11.8 Å². The molecule has 0 radical (unpaired) electrons. The lowest BCUT2D eigenvalue weighted by Crippen LogP contribution is -2.29. The van der Waals surface area contributed by atoms with E-state index in [1.54, 1.807) is 0 Å². The van der Waals surface area contributed by atoms with Crippen LogP contribution in [0.2, 0.25) is 0 Å². The summed E-state index contributed by atoms with van der Waals surface area (Å²) in [4.78, 5) is 33.8. The van der Waals surface area contributed by atoms with Crippen molar-refractivity contribution in [3.05, 3.63) is 35.4 Å². The molecule has 0 aliphatic heterocycles. The van der Waals surface area contributed by atoms with E-state index in [4.69, 9.17) is 5.11 Å². The number of amides is 1. The molecular formula is C26H41NO5S. The quantitative estimate of drug-likeness (QED) is 0.198. The Kier molecular flexibility index (Phi) is 16.2. The van der Waals surface area contributed by atoms with Gasteiger partial charge in [-0.3, -0.25) is 14.4 Å². The number of aryl methyl sites for hydroxylation is 1. The van der Waals surface area contributed by atoms with Crippen molar-refractivity contribution in [3.63, 3.8) is 0 Å². The average molecular weight is 480 g/mol. The molecule has 1 aromatic rings. The number of aliphatic carboxylic acids is 2. The maximum atomic E-state index is 11.8. The van der Waals surface area contributed by atoms with E-state index in [9.17, 15) is 19.5 Å². The van der Waals surface area contributed by atoms with Gasteiger partial charge in [-0.1, -0.05) is 89.0 Å². The van der Waals surface area contributed by atoms with Gasteiger partial charge in [-0.05, 0) is 24.0 Å². The molecule has 33 heavy (non-hydrogen) atoms. The van der Waals surface area contributed by atoms with Crippen LogP contribution in [0.4, 0.5) is 0 Å². The molecule has 0 bridgehead atoms. The molecule has 1 amide bonds. The van der Waals surface area contributed by atoms with Gasteiger partial charge in [0.2, 0.25) is 5.91 Å². The number of nitrogens with one attached hydrogen (secondary N) is 1. The van der Waals surface area contributed by atoms with E-state index in [0.29, 0.717) is 5.75 Å². The molecule has 1 unspecified atom stereocenters. The number of unbranched alkanes of at least 4 members (excludes halogenated alkanes) is 9. The predicted octanol–water partition coefficient (Wildman–Crippen LogP) is 5.99. The van der Waals surface area contributed by atoms with Crippen LogP contribution in [0, 0.1) is 0 Å². The Balaban J connectivity index is 2.47. The Hall–Kier alpha value is -2.02. The summed E-state index contributed by atoms with van der Waals surface area (Å²) in [5, 5.41) is 20.1. The van der Waals surface area contributed by atoms with Crippen LogP contribution < -0.4 is 5.32 Å². The van der Waals surface area contributed by atoms with Crippen LogP contribution in [0.1, 0.15) is 100 Å². The monoisotopic (exact) mass is 479 g/mol. The number of hydrogen-bond acceptors (Lipinski definition) is 4. The van der Waals surface area contributed by atoms with Gasteiger partial charge in [-0.15, -0.1) is 0 Å². The highest BCUT2D eigenvalue weighted by atomic mass is 32.2. The third-order valence-corrected chi connectivity index (χ3v) is 6.91. The van der Waals surface area contributed by atoms with Crippen molar-refractivity contribution in [2.75, 3.05) is 12.3 Å². The average Bonchev–Trinajstić information content (AvgIpc) is 2.78. The third-order valence-electron chi connectivity index (χ3n) is 5.65. The van der Waals surface area contributed by atoms with Gasteiger partial charge in [-0.25, -0.2) is 0 Å². The lowest BCUT2D eigenvalue weighted by Gasteiger charge is -2.19. The molecule has 186 valence electrons. The van der Waals surface area contributed by atoms with Crippen LogP contribution in [-0.4, -0.2) is 40.4 Å². The van der Waals surface area contributed by atoms with E-state index in [1.807, 2.05) is 18.2 Å². The highest BCUT2D eigenvalue weighted by molar-refractivity contribution is 7.99. The van der Waals surface area contributed by atoms with Crippen molar-refractivity contribution >= 4 is 29.6 Å². The second kappa shape index (κ2) is 18.4. The first kappa shape index (κ1) is 29.0. The topological polar surface area (TPSA) is 104 Å². The molecule has 6 nitrogen and oxygen atoms in total. The van der Waals surface area contributed by atoms with E-state index in [2.05, 4.69) is 18.3 Å². The minimum Gasteiger partial charge on any atom is -0.481 e. The second-order valence-corrected chi connectivity index (χ2v) is 9.82. The number of thioether (sulfide) groups is 1. The SMILES string of the molecule is CCCCCCCCCCCCc1ccccc1C(CC(=O)O)SCCC(=O)NCC(=O)O. The summed E-state index contributed by atoms with van der Waals surface area (Å²) >= 11 is 1.45. The fourth-order valence-electron chi connectivity index (χ4n) is 3.85. The van der Waals surface area contributed by atoms with Crippen molar-refractivity contribution in [3.8, 4) is 0 Å². The maximum absolute atomic E-state index is 11.8. The first-order valence-corrected chi connectivity index (χ1v) is 13.4. The molecule has 7 heteroatoms. The molecule has 1 atom stereocenters. The van der Waals surface area contributed by atoms with Gasteiger partial charge in [0.25, 0.3) is 0 Å². The summed E-state index contributed by atoms with van der Waals surface area (Å²) in [6.45, 7) is 1.84. The summed E-state index contributed by atoms with van der Waals surface area (Å²) in [7, 11) is 0. The van der Waals surface area contributed by atoms with Gasteiger partial charge in [0.05, 0.1) is 6.42 Å². The molecular weight excluding hydrogens is 438 g/mol. The molecule has 0 fully saturated rings. The van der Waals surface area contributed by atoms with Crippen LogP contribution >= 0.6 is 11.8 Å². The zero-order valence-electron chi connectivity index (χ0n) is 20.0. The second-order valence-electron chi connectivity index (χ2n) is 8.51. The van der Waals surface area contributed by atoms with E-state index < -0.39 is 18.5 Å². The van der Waals surface area contributed by atoms with Crippen molar-refractivity contribution in [2.24, 2.45) is 0 Å². The predicted molar refractivity (Wildman–Crippen MR) is 135 cm³/mol. The highest BCUT2D eigenvalue weighted by Crippen LogP contribution is 2.35. The Morgan fingerprint density at radius 2 is 1.48 bits per heavy atom. The molecule has 0 saturated carbocycles. The zero-order chi connectivity index (χ0) is 24.3. The van der Waals surface area contributed by atoms with Gasteiger partial charge in [0, 0.05) is 17.4 Å². The van der Waals surface area contributed by atoms with Gasteiger partial charge in [0.15, 0.2) is 0 Å². The molecule has 0 aromatic heterocycles. The van der Waals surface area contributed by atoms with Crippen LogP contribution in [0.5, 0.6) is 0 Å². The lowest BCUT2D eigenvalue weighted by atomic mass is 9.97. The van der Waals surface area contributed by atoms with Crippen molar-refractivity contribution in [1.29, 1.82) is 0 Å². The fourth-order valence-corrected chi connectivity index (χ4v) is 5.11. The first-order chi connectivity index (χ1) is 15.9. The van der Waals surface area contributed by atoms with Crippen LogP contribution in [0.15, 0.2) is 24.3 Å². The number of carboxylic acids is 2. The number of carbonyl (C=O) groups excluding carboxylic acids is 1. The summed E-state index contributed by atoms with van der Waals surface area (Å²) in [5.41, 5.74) is 2.22. The number of carboxylic acid groups (broad SMARTS) is 2. The van der Waals surface area contributed by atoms with Gasteiger partial charge in [0.1, 0.15) is 6.54 Å². The largest absolute Gasteiger partial charge is 0.481 e. The van der Waals surface area contributed by atoms with E-state index in [1.165, 1.54) is 75.1 Å². The Bertz CT molecular complexity index is 710. The number of rotatable bonds is 20. The number of carbonyl (C=O) groups is 3. The van der Waals surface area contributed by atoms with Gasteiger partial charge >= 0.3 is 11.9 Å². The third kappa shape index (κ3) is 14.7. The Morgan fingerprint density at radius 3 is 2.09 bits per heavy atom. The fraction of sp³-hybridized carbons (Fsp3) is 0.654. The Morgan fingerprint density at radius 1 is 0.879 bits per heavy atom. The number of hydrogen-bond donors (Lipinski definition) is 3. The Labute approximate surface area is 202 Å². The normalized spacial score (nSPS) is 11.8. The smallest absolute Gasteiger partial charge is 0.322 e.